The SMILES string of the molecule is CCOC(=O)[C@H]1C[C@]2(CC)CCCN3CCc4c(n1c1ccccc41)[C@H]32.Cl. The molecule has 0 aliphatic carbocycles. The van der Waals surface area contributed by atoms with E-state index in [1.165, 1.54) is 41.5 Å². The molecule has 1 aromatic carbocycles. The number of para-hydroxylation sites is 1. The Kier molecular flexibility index (Phi) is 4.76. The van der Waals surface area contributed by atoms with E-state index >= 15 is 0 Å². The Balaban J connectivity index is 0.00000180. The molecule has 3 atom stereocenters. The van der Waals surface area contributed by atoms with Crippen molar-refractivity contribution in [2.75, 3.05) is 19.7 Å². The number of carbonyl (C=O) groups excluding carboxylic acids is 1. The fourth-order valence-electron chi connectivity index (χ4n) is 6.13. The summed E-state index contributed by atoms with van der Waals surface area (Å²) in [5.74, 6) is -0.0509. The van der Waals surface area contributed by atoms with Gasteiger partial charge in [0.2, 0.25) is 0 Å². The highest BCUT2D eigenvalue weighted by molar-refractivity contribution is 5.89. The summed E-state index contributed by atoms with van der Waals surface area (Å²) in [5.41, 5.74) is 4.32. The van der Waals surface area contributed by atoms with Crippen LogP contribution < -0.4 is 0 Å². The zero-order valence-electron chi connectivity index (χ0n) is 16.2. The lowest BCUT2D eigenvalue weighted by molar-refractivity contribution is -0.151. The summed E-state index contributed by atoms with van der Waals surface area (Å²) in [6.45, 7) is 7.02. The van der Waals surface area contributed by atoms with Gasteiger partial charge in [-0.25, -0.2) is 4.79 Å². The van der Waals surface area contributed by atoms with Crippen molar-refractivity contribution >= 4 is 29.3 Å². The van der Waals surface area contributed by atoms with Gasteiger partial charge in [0.25, 0.3) is 0 Å². The summed E-state index contributed by atoms with van der Waals surface area (Å²) in [4.78, 5) is 15.7. The number of benzene rings is 1. The fraction of sp³-hybridized carbons (Fsp3) is 0.591. The highest BCUT2D eigenvalue weighted by Gasteiger charge is 2.54. The van der Waals surface area contributed by atoms with Crippen LogP contribution in [0.4, 0.5) is 0 Å². The van der Waals surface area contributed by atoms with Crippen LogP contribution in [0.25, 0.3) is 10.9 Å². The Morgan fingerprint density at radius 2 is 2.07 bits per heavy atom. The number of rotatable bonds is 3. The van der Waals surface area contributed by atoms with E-state index in [2.05, 4.69) is 40.7 Å². The zero-order chi connectivity index (χ0) is 17.9. The Morgan fingerprint density at radius 1 is 1.26 bits per heavy atom. The first kappa shape index (κ1) is 18.8. The van der Waals surface area contributed by atoms with E-state index in [1.807, 2.05) is 6.92 Å². The van der Waals surface area contributed by atoms with E-state index in [1.54, 1.807) is 0 Å². The number of nitrogens with zero attached hydrogens (tertiary/aromatic N) is 2. The maximum Gasteiger partial charge on any atom is 0.329 e. The van der Waals surface area contributed by atoms with Gasteiger partial charge in [0.05, 0.1) is 12.6 Å². The molecule has 0 spiro atoms. The second-order valence-electron chi connectivity index (χ2n) is 8.23. The molecule has 0 unspecified atom stereocenters. The third kappa shape index (κ3) is 2.49. The summed E-state index contributed by atoms with van der Waals surface area (Å²) in [6, 6.07) is 8.93. The molecular formula is C22H29ClN2O2. The average molecular weight is 389 g/mol. The minimum atomic E-state index is -0.183. The quantitative estimate of drug-likeness (QED) is 0.717. The van der Waals surface area contributed by atoms with Crippen molar-refractivity contribution in [2.45, 2.75) is 58.0 Å². The molecule has 5 rings (SSSR count). The van der Waals surface area contributed by atoms with E-state index in [-0.39, 0.29) is 29.8 Å². The molecule has 1 aromatic heterocycles. The Labute approximate surface area is 167 Å². The van der Waals surface area contributed by atoms with E-state index in [0.717, 1.165) is 25.8 Å². The molecule has 4 heterocycles. The number of ether oxygens (including phenoxy) is 1. The highest BCUT2D eigenvalue weighted by atomic mass is 35.5. The molecule has 27 heavy (non-hydrogen) atoms. The number of fused-ring (bicyclic) bond motifs is 3. The highest BCUT2D eigenvalue weighted by Crippen LogP contribution is 2.59. The van der Waals surface area contributed by atoms with Crippen LogP contribution in [0.1, 0.15) is 62.9 Å². The lowest BCUT2D eigenvalue weighted by Crippen LogP contribution is -2.54. The van der Waals surface area contributed by atoms with Gasteiger partial charge in [0.15, 0.2) is 0 Å². The van der Waals surface area contributed by atoms with Crippen molar-refractivity contribution in [3.05, 3.63) is 35.5 Å². The Bertz CT molecular complexity index is 877. The minimum absolute atomic E-state index is 0. The molecule has 0 bridgehead atoms. The smallest absolute Gasteiger partial charge is 0.329 e. The number of piperidine rings is 1. The van der Waals surface area contributed by atoms with Gasteiger partial charge in [-0.1, -0.05) is 25.1 Å². The van der Waals surface area contributed by atoms with Crippen molar-refractivity contribution in [2.24, 2.45) is 5.41 Å². The topological polar surface area (TPSA) is 34.5 Å². The Morgan fingerprint density at radius 3 is 2.85 bits per heavy atom. The number of esters is 1. The molecule has 1 saturated heterocycles. The first-order valence-electron chi connectivity index (χ1n) is 10.2. The number of aromatic nitrogens is 1. The molecular weight excluding hydrogens is 360 g/mol. The molecule has 3 aliphatic heterocycles. The van der Waals surface area contributed by atoms with Gasteiger partial charge >= 0.3 is 5.97 Å². The van der Waals surface area contributed by atoms with Crippen molar-refractivity contribution in [1.82, 2.24) is 9.47 Å². The fourth-order valence-corrected chi connectivity index (χ4v) is 6.13. The molecule has 0 saturated carbocycles. The third-order valence-corrected chi connectivity index (χ3v) is 7.20. The summed E-state index contributed by atoms with van der Waals surface area (Å²) in [6.07, 6.45) is 5.60. The van der Waals surface area contributed by atoms with E-state index in [9.17, 15) is 4.79 Å². The second kappa shape index (κ2) is 6.82. The summed E-state index contributed by atoms with van der Waals surface area (Å²) in [5, 5.41) is 1.34. The number of carbonyl (C=O) groups is 1. The molecule has 0 radical (unpaired) electrons. The maximum atomic E-state index is 13.0. The van der Waals surface area contributed by atoms with Gasteiger partial charge in [0.1, 0.15) is 6.04 Å². The van der Waals surface area contributed by atoms with Crippen LogP contribution >= 0.6 is 12.4 Å². The molecule has 0 N–H and O–H groups in total. The predicted molar refractivity (Wildman–Crippen MR) is 109 cm³/mol. The van der Waals surface area contributed by atoms with Crippen LogP contribution in [0, 0.1) is 5.41 Å². The normalized spacial score (nSPS) is 29.1. The van der Waals surface area contributed by atoms with Gasteiger partial charge in [-0.15, -0.1) is 12.4 Å². The van der Waals surface area contributed by atoms with Crippen LogP contribution in [0.2, 0.25) is 0 Å². The lowest BCUT2D eigenvalue weighted by Gasteiger charge is -2.56. The molecule has 4 nitrogen and oxygen atoms in total. The van der Waals surface area contributed by atoms with Crippen molar-refractivity contribution in [3.8, 4) is 0 Å². The molecule has 5 heteroatoms. The largest absolute Gasteiger partial charge is 0.464 e. The minimum Gasteiger partial charge on any atom is -0.464 e. The van der Waals surface area contributed by atoms with Crippen molar-refractivity contribution in [3.63, 3.8) is 0 Å². The monoisotopic (exact) mass is 388 g/mol. The van der Waals surface area contributed by atoms with E-state index in [0.29, 0.717) is 12.6 Å². The molecule has 146 valence electrons. The number of halogens is 1. The van der Waals surface area contributed by atoms with Gasteiger partial charge in [-0.05, 0) is 62.6 Å². The van der Waals surface area contributed by atoms with Crippen molar-refractivity contribution in [1.29, 1.82) is 0 Å². The van der Waals surface area contributed by atoms with Crippen LogP contribution in [0.3, 0.4) is 0 Å². The van der Waals surface area contributed by atoms with Gasteiger partial charge in [-0.2, -0.15) is 0 Å². The number of hydrogen-bond donors (Lipinski definition) is 0. The van der Waals surface area contributed by atoms with E-state index < -0.39 is 0 Å². The maximum absolute atomic E-state index is 13.0. The summed E-state index contributed by atoms with van der Waals surface area (Å²) < 4.78 is 7.90. The second-order valence-corrected chi connectivity index (χ2v) is 8.23. The average Bonchev–Trinajstić information content (AvgIpc) is 3.02. The summed E-state index contributed by atoms with van der Waals surface area (Å²) in [7, 11) is 0. The van der Waals surface area contributed by atoms with Crippen LogP contribution in [-0.4, -0.2) is 35.1 Å². The molecule has 3 aliphatic rings. The molecule has 2 aromatic rings. The van der Waals surface area contributed by atoms with Gasteiger partial charge < -0.3 is 9.30 Å². The van der Waals surface area contributed by atoms with E-state index in [4.69, 9.17) is 4.74 Å². The first-order chi connectivity index (χ1) is 12.7. The number of hydrogen-bond acceptors (Lipinski definition) is 3. The Hall–Kier alpha value is -1.52. The standard InChI is InChI=1S/C22H28N2O2.ClH/c1-3-22-11-7-12-23-13-10-16-15-8-5-6-9-17(15)24(19(16)20(22)23)18(14-22)21(25)26-4-2;/h5-6,8-9,18,20H,3-4,7,10-14H2,1-2H3;1H/t18-,20+,22+;/m1./s1. The zero-order valence-corrected chi connectivity index (χ0v) is 17.1. The first-order valence-corrected chi connectivity index (χ1v) is 10.2. The van der Waals surface area contributed by atoms with Crippen LogP contribution in [-0.2, 0) is 16.0 Å². The lowest BCUT2D eigenvalue weighted by atomic mass is 9.63. The van der Waals surface area contributed by atoms with Crippen LogP contribution in [0.5, 0.6) is 0 Å². The predicted octanol–water partition coefficient (Wildman–Crippen LogP) is 4.66. The molecule has 1 fully saturated rings. The van der Waals surface area contributed by atoms with Gasteiger partial charge in [0, 0.05) is 23.1 Å². The van der Waals surface area contributed by atoms with Crippen molar-refractivity contribution < 1.29 is 9.53 Å². The molecule has 0 amide bonds. The van der Waals surface area contributed by atoms with Gasteiger partial charge in [-0.3, -0.25) is 4.90 Å². The van der Waals surface area contributed by atoms with Crippen LogP contribution in [0.15, 0.2) is 24.3 Å². The summed E-state index contributed by atoms with van der Waals surface area (Å²) >= 11 is 0. The third-order valence-electron chi connectivity index (χ3n) is 7.20.